The molecule has 0 radical (unpaired) electrons. The molecule has 0 spiro atoms. The smallest absolute Gasteiger partial charge is 0.435 e. The monoisotopic (exact) mass is 472 g/mol. The van der Waals surface area contributed by atoms with Crippen molar-refractivity contribution >= 4 is 58.0 Å². The summed E-state index contributed by atoms with van der Waals surface area (Å²) in [6.45, 7) is 0.590. The summed E-state index contributed by atoms with van der Waals surface area (Å²) in [4.78, 5) is 46.0. The number of nitrogens with one attached hydrogen (secondary N) is 1. The Morgan fingerprint density at radius 3 is 2.62 bits per heavy atom. The lowest BCUT2D eigenvalue weighted by Gasteiger charge is -2.21. The number of methoxy groups -OCH3 is 1. The molecule has 32 heavy (non-hydrogen) atoms. The van der Waals surface area contributed by atoms with Crippen LogP contribution in [0.5, 0.6) is 0 Å². The van der Waals surface area contributed by atoms with Crippen LogP contribution in [0, 0.1) is 0 Å². The number of aliphatic imine (C=N–C) groups is 1. The number of anilines is 2. The summed E-state index contributed by atoms with van der Waals surface area (Å²) in [7, 11) is 5.02. The molecule has 10 heteroatoms. The Kier molecular flexibility index (Phi) is 8.32. The number of amidine groups is 1. The van der Waals surface area contributed by atoms with Crippen LogP contribution >= 0.6 is 23.5 Å². The van der Waals surface area contributed by atoms with E-state index in [9.17, 15) is 14.4 Å². The Bertz CT molecular complexity index is 1030. The molecule has 3 rings (SSSR count). The molecule has 0 aromatic heterocycles. The van der Waals surface area contributed by atoms with Crippen LogP contribution in [0.15, 0.2) is 63.3 Å². The highest BCUT2D eigenvalue weighted by atomic mass is 32.2. The molecule has 0 aliphatic carbocycles. The molecule has 168 valence electrons. The third kappa shape index (κ3) is 6.35. The van der Waals surface area contributed by atoms with Crippen LogP contribution in [0.2, 0.25) is 0 Å². The molecule has 2 aromatic rings. The zero-order valence-corrected chi connectivity index (χ0v) is 19.7. The van der Waals surface area contributed by atoms with Gasteiger partial charge in [0.1, 0.15) is 0 Å². The highest BCUT2D eigenvalue weighted by molar-refractivity contribution is 8.15. The quantitative estimate of drug-likeness (QED) is 0.653. The minimum atomic E-state index is -0.792. The van der Waals surface area contributed by atoms with E-state index >= 15 is 0 Å². The first kappa shape index (κ1) is 23.8. The van der Waals surface area contributed by atoms with E-state index in [1.807, 2.05) is 61.5 Å². The Morgan fingerprint density at radius 2 is 1.94 bits per heavy atom. The van der Waals surface area contributed by atoms with E-state index in [0.717, 1.165) is 21.6 Å². The normalized spacial score (nSPS) is 14.8. The van der Waals surface area contributed by atoms with Gasteiger partial charge in [0, 0.05) is 22.8 Å². The summed E-state index contributed by atoms with van der Waals surface area (Å²) >= 11 is 2.69. The molecule has 1 N–H and O–H groups in total. The van der Waals surface area contributed by atoms with Gasteiger partial charge < -0.3 is 15.0 Å². The molecule has 2 aromatic carbocycles. The van der Waals surface area contributed by atoms with Crippen molar-refractivity contribution in [3.63, 3.8) is 0 Å². The van der Waals surface area contributed by atoms with Crippen molar-refractivity contribution < 1.29 is 19.1 Å². The number of carbonyl (C=O) groups excluding carboxylic acids is 3. The summed E-state index contributed by atoms with van der Waals surface area (Å²) in [5.41, 5.74) is 0.932. The van der Waals surface area contributed by atoms with Crippen molar-refractivity contribution in [2.24, 2.45) is 4.99 Å². The first-order valence-corrected chi connectivity index (χ1v) is 11.6. The SMILES string of the molecule is COC(=O)/N=C1\SCC(=O)N1c1ccc(Sc2ccccc2)cc1NC(=O)CCN(C)C. The van der Waals surface area contributed by atoms with Crippen LogP contribution < -0.4 is 10.2 Å². The third-order valence-corrected chi connectivity index (χ3v) is 6.30. The predicted octanol–water partition coefficient (Wildman–Crippen LogP) is 3.93. The van der Waals surface area contributed by atoms with Crippen molar-refractivity contribution in [1.29, 1.82) is 0 Å². The van der Waals surface area contributed by atoms with Gasteiger partial charge in [0.15, 0.2) is 5.17 Å². The van der Waals surface area contributed by atoms with Crippen LogP contribution in [0.3, 0.4) is 0 Å². The van der Waals surface area contributed by atoms with E-state index < -0.39 is 6.09 Å². The van der Waals surface area contributed by atoms with Crippen molar-refractivity contribution in [3.8, 4) is 0 Å². The van der Waals surface area contributed by atoms with Gasteiger partial charge in [-0.25, -0.2) is 4.79 Å². The molecule has 3 amide bonds. The molecule has 1 aliphatic heterocycles. The van der Waals surface area contributed by atoms with Gasteiger partial charge in [0.05, 0.1) is 24.2 Å². The lowest BCUT2D eigenvalue weighted by molar-refractivity contribution is -0.116. The zero-order chi connectivity index (χ0) is 23.1. The fourth-order valence-electron chi connectivity index (χ4n) is 2.84. The molecule has 0 bridgehead atoms. The van der Waals surface area contributed by atoms with E-state index in [0.29, 0.717) is 24.3 Å². The van der Waals surface area contributed by atoms with E-state index in [1.165, 1.54) is 12.0 Å². The van der Waals surface area contributed by atoms with Gasteiger partial charge in [0.25, 0.3) is 0 Å². The maximum absolute atomic E-state index is 12.6. The van der Waals surface area contributed by atoms with E-state index in [-0.39, 0.29) is 22.7 Å². The molecule has 1 aliphatic rings. The van der Waals surface area contributed by atoms with Crippen LogP contribution in [0.1, 0.15) is 6.42 Å². The van der Waals surface area contributed by atoms with Crippen LogP contribution in [0.4, 0.5) is 16.2 Å². The van der Waals surface area contributed by atoms with E-state index in [2.05, 4.69) is 15.0 Å². The Labute approximate surface area is 195 Å². The van der Waals surface area contributed by atoms with Gasteiger partial charge in [-0.15, -0.1) is 0 Å². The van der Waals surface area contributed by atoms with Gasteiger partial charge in [-0.1, -0.05) is 41.7 Å². The maximum Gasteiger partial charge on any atom is 0.435 e. The predicted molar refractivity (Wildman–Crippen MR) is 129 cm³/mol. The molecular formula is C22H24N4O4S2. The molecule has 1 heterocycles. The summed E-state index contributed by atoms with van der Waals surface area (Å²) in [6, 6.07) is 15.3. The molecule has 0 atom stereocenters. The number of hydrogen-bond donors (Lipinski definition) is 1. The summed E-state index contributed by atoms with van der Waals surface area (Å²) < 4.78 is 4.61. The topological polar surface area (TPSA) is 91.3 Å². The summed E-state index contributed by atoms with van der Waals surface area (Å²) in [5.74, 6) is -0.262. The van der Waals surface area contributed by atoms with Gasteiger partial charge in [0.2, 0.25) is 11.8 Å². The van der Waals surface area contributed by atoms with Crippen molar-refractivity contribution in [1.82, 2.24) is 4.90 Å². The second-order valence-corrected chi connectivity index (χ2v) is 9.17. The lowest BCUT2D eigenvalue weighted by atomic mass is 10.2. The number of rotatable bonds is 7. The highest BCUT2D eigenvalue weighted by Gasteiger charge is 2.32. The fraction of sp³-hybridized carbons (Fsp3) is 0.273. The van der Waals surface area contributed by atoms with Crippen molar-refractivity contribution in [2.75, 3.05) is 43.7 Å². The van der Waals surface area contributed by atoms with Gasteiger partial charge in [-0.05, 0) is 44.4 Å². The fourth-order valence-corrected chi connectivity index (χ4v) is 4.57. The second kappa shape index (κ2) is 11.2. The molecule has 1 fully saturated rings. The second-order valence-electron chi connectivity index (χ2n) is 7.08. The minimum absolute atomic E-state index is 0.143. The Hall–Kier alpha value is -2.82. The first-order chi connectivity index (χ1) is 15.4. The summed E-state index contributed by atoms with van der Waals surface area (Å²) in [5, 5.41) is 3.14. The number of benzene rings is 2. The average Bonchev–Trinajstić information content (AvgIpc) is 3.13. The minimum Gasteiger partial charge on any atom is -0.451 e. The number of hydrogen-bond acceptors (Lipinski definition) is 7. The third-order valence-electron chi connectivity index (χ3n) is 4.37. The number of ether oxygens (including phenoxy) is 1. The maximum atomic E-state index is 12.6. The molecule has 0 unspecified atom stereocenters. The van der Waals surface area contributed by atoms with Crippen molar-refractivity contribution in [2.45, 2.75) is 16.2 Å². The summed E-state index contributed by atoms with van der Waals surface area (Å²) in [6.07, 6.45) is -0.492. The number of thioether (sulfide) groups is 1. The van der Waals surface area contributed by atoms with E-state index in [4.69, 9.17) is 0 Å². The standard InChI is InChI=1S/C22H24N4O4S2/c1-25(2)12-11-19(27)23-17-13-16(32-15-7-5-4-6-8-15)9-10-18(17)26-20(28)14-31-21(26)24-22(29)30-3/h4-10,13H,11-12,14H2,1-3H3,(H,23,27)/b24-21-. The Balaban J connectivity index is 1.96. The van der Waals surface area contributed by atoms with Gasteiger partial charge in [-0.3, -0.25) is 14.5 Å². The van der Waals surface area contributed by atoms with Crippen LogP contribution in [-0.4, -0.2) is 61.5 Å². The Morgan fingerprint density at radius 1 is 1.19 bits per heavy atom. The van der Waals surface area contributed by atoms with Crippen molar-refractivity contribution in [3.05, 3.63) is 48.5 Å². The molecule has 0 saturated carbocycles. The number of amides is 3. The van der Waals surface area contributed by atoms with E-state index in [1.54, 1.807) is 17.8 Å². The number of carbonyl (C=O) groups is 3. The molecule has 8 nitrogen and oxygen atoms in total. The largest absolute Gasteiger partial charge is 0.451 e. The first-order valence-electron chi connectivity index (χ1n) is 9.81. The highest BCUT2D eigenvalue weighted by Crippen LogP contribution is 2.37. The lowest BCUT2D eigenvalue weighted by Crippen LogP contribution is -2.31. The molecular weight excluding hydrogens is 448 g/mol. The number of nitrogens with zero attached hydrogens (tertiary/aromatic N) is 3. The van der Waals surface area contributed by atoms with Gasteiger partial charge >= 0.3 is 6.09 Å². The molecule has 1 saturated heterocycles. The van der Waals surface area contributed by atoms with Gasteiger partial charge in [-0.2, -0.15) is 4.99 Å². The van der Waals surface area contributed by atoms with Crippen LogP contribution in [-0.2, 0) is 14.3 Å². The van der Waals surface area contributed by atoms with Crippen LogP contribution in [0.25, 0.3) is 0 Å². The zero-order valence-electron chi connectivity index (χ0n) is 18.0. The average molecular weight is 473 g/mol.